The van der Waals surface area contributed by atoms with E-state index in [1.54, 1.807) is 0 Å². The molecule has 1 aliphatic carbocycles. The van der Waals surface area contributed by atoms with E-state index in [1.165, 1.54) is 11.1 Å². The molecule has 0 heterocycles. The van der Waals surface area contributed by atoms with Crippen LogP contribution >= 0.6 is 0 Å². The number of hydrogen-bond acceptors (Lipinski definition) is 2. The van der Waals surface area contributed by atoms with E-state index in [9.17, 15) is 9.90 Å². The van der Waals surface area contributed by atoms with E-state index in [-0.39, 0.29) is 11.5 Å². The Balaban J connectivity index is 2.00. The molecule has 4 heteroatoms. The van der Waals surface area contributed by atoms with Crippen LogP contribution in [-0.2, 0) is 6.42 Å². The second-order valence-electron chi connectivity index (χ2n) is 7.83. The maximum absolute atomic E-state index is 11.2. The van der Waals surface area contributed by atoms with Gasteiger partial charge in [0.05, 0.1) is 12.6 Å². The highest BCUT2D eigenvalue weighted by Crippen LogP contribution is 2.46. The summed E-state index contributed by atoms with van der Waals surface area (Å²) in [5.41, 5.74) is 6.75. The first-order valence-electron chi connectivity index (χ1n) is 9.09. The summed E-state index contributed by atoms with van der Waals surface area (Å²) in [7, 11) is 0. The minimum atomic E-state index is -0.974. The van der Waals surface area contributed by atoms with E-state index in [1.807, 2.05) is 6.92 Å². The standard InChI is InChI=1S/C22H27NO3/c1-6-26-19-13(2)9-16(10-14(19)3)15-7-8-18-17(11-15)12-22(4,5)20(18)23-21(24)25/h7-11,20,23H,6,12H2,1-5H3,(H,24,25). The lowest BCUT2D eigenvalue weighted by atomic mass is 9.85. The summed E-state index contributed by atoms with van der Waals surface area (Å²) in [6.07, 6.45) is -0.117. The molecule has 2 N–H and O–H groups in total. The van der Waals surface area contributed by atoms with Crippen LogP contribution in [0.3, 0.4) is 0 Å². The second kappa shape index (κ2) is 6.67. The van der Waals surface area contributed by atoms with Crippen molar-refractivity contribution in [1.82, 2.24) is 5.32 Å². The molecule has 0 aromatic heterocycles. The number of ether oxygens (including phenoxy) is 1. The molecule has 0 radical (unpaired) electrons. The minimum Gasteiger partial charge on any atom is -0.493 e. The third-order valence-electron chi connectivity index (χ3n) is 5.23. The highest BCUT2D eigenvalue weighted by molar-refractivity contribution is 5.70. The highest BCUT2D eigenvalue weighted by Gasteiger charge is 2.40. The molecule has 3 rings (SSSR count). The van der Waals surface area contributed by atoms with Crippen molar-refractivity contribution in [2.24, 2.45) is 5.41 Å². The first-order valence-corrected chi connectivity index (χ1v) is 9.09. The first kappa shape index (κ1) is 18.3. The molecule has 0 spiro atoms. The molecule has 1 aliphatic rings. The fourth-order valence-electron chi connectivity index (χ4n) is 4.12. The van der Waals surface area contributed by atoms with E-state index in [0.29, 0.717) is 6.61 Å². The predicted octanol–water partition coefficient (Wildman–Crippen LogP) is 5.26. The fourth-order valence-corrected chi connectivity index (χ4v) is 4.12. The minimum absolute atomic E-state index is 0.135. The molecule has 138 valence electrons. The van der Waals surface area contributed by atoms with E-state index >= 15 is 0 Å². The predicted molar refractivity (Wildman–Crippen MR) is 104 cm³/mol. The SMILES string of the molecule is CCOc1c(C)cc(-c2ccc3c(c2)CC(C)(C)C3NC(=O)O)cc1C. The molecule has 1 amide bonds. The maximum Gasteiger partial charge on any atom is 0.405 e. The molecule has 26 heavy (non-hydrogen) atoms. The van der Waals surface area contributed by atoms with Crippen molar-refractivity contribution in [3.8, 4) is 16.9 Å². The van der Waals surface area contributed by atoms with E-state index < -0.39 is 6.09 Å². The van der Waals surface area contributed by atoms with E-state index in [4.69, 9.17) is 4.74 Å². The van der Waals surface area contributed by atoms with Crippen LogP contribution in [0.4, 0.5) is 4.79 Å². The summed E-state index contributed by atoms with van der Waals surface area (Å²) in [5, 5.41) is 11.9. The summed E-state index contributed by atoms with van der Waals surface area (Å²) in [6.45, 7) is 11.0. The van der Waals surface area contributed by atoms with Gasteiger partial charge < -0.3 is 15.2 Å². The Bertz CT molecular complexity index is 831. The zero-order valence-corrected chi connectivity index (χ0v) is 16.1. The Labute approximate surface area is 155 Å². The van der Waals surface area contributed by atoms with Crippen LogP contribution in [0, 0.1) is 19.3 Å². The number of amides is 1. The molecule has 1 unspecified atom stereocenters. The monoisotopic (exact) mass is 353 g/mol. The van der Waals surface area contributed by atoms with Crippen LogP contribution in [0.2, 0.25) is 0 Å². The number of nitrogens with one attached hydrogen (secondary N) is 1. The molecular formula is C22H27NO3. The number of rotatable bonds is 4. The normalized spacial score (nSPS) is 17.7. The number of aryl methyl sites for hydroxylation is 2. The van der Waals surface area contributed by atoms with Crippen molar-refractivity contribution in [2.75, 3.05) is 6.61 Å². The van der Waals surface area contributed by atoms with Crippen LogP contribution in [0.5, 0.6) is 5.75 Å². The smallest absolute Gasteiger partial charge is 0.405 e. The van der Waals surface area contributed by atoms with Gasteiger partial charge in [-0.25, -0.2) is 4.79 Å². The van der Waals surface area contributed by atoms with Crippen LogP contribution in [0.1, 0.15) is 49.1 Å². The summed E-state index contributed by atoms with van der Waals surface area (Å²) < 4.78 is 5.75. The largest absolute Gasteiger partial charge is 0.493 e. The second-order valence-corrected chi connectivity index (χ2v) is 7.83. The van der Waals surface area contributed by atoms with Crippen LogP contribution in [0.15, 0.2) is 30.3 Å². The third kappa shape index (κ3) is 3.28. The summed E-state index contributed by atoms with van der Waals surface area (Å²) in [5.74, 6) is 0.962. The Kier molecular flexibility index (Phi) is 4.70. The Morgan fingerprint density at radius 1 is 1.19 bits per heavy atom. The average molecular weight is 353 g/mol. The topological polar surface area (TPSA) is 58.6 Å². The zero-order valence-electron chi connectivity index (χ0n) is 16.1. The Morgan fingerprint density at radius 3 is 2.42 bits per heavy atom. The molecule has 0 fully saturated rings. The van der Waals surface area contributed by atoms with Crippen molar-refractivity contribution in [1.29, 1.82) is 0 Å². The fraction of sp³-hybridized carbons (Fsp3) is 0.409. The lowest BCUT2D eigenvalue weighted by molar-refractivity contribution is 0.175. The zero-order chi connectivity index (χ0) is 19.1. The van der Waals surface area contributed by atoms with Gasteiger partial charge in [-0.2, -0.15) is 0 Å². The first-order chi connectivity index (χ1) is 12.2. The number of benzene rings is 2. The molecular weight excluding hydrogens is 326 g/mol. The maximum atomic E-state index is 11.2. The Hall–Kier alpha value is -2.49. The Morgan fingerprint density at radius 2 is 1.85 bits per heavy atom. The summed E-state index contributed by atoms with van der Waals surface area (Å²) in [6, 6.07) is 10.5. The summed E-state index contributed by atoms with van der Waals surface area (Å²) >= 11 is 0. The lowest BCUT2D eigenvalue weighted by Gasteiger charge is -2.27. The van der Waals surface area contributed by atoms with Gasteiger partial charge in [-0.15, -0.1) is 0 Å². The van der Waals surface area contributed by atoms with Gasteiger partial charge in [-0.05, 0) is 78.1 Å². The van der Waals surface area contributed by atoms with Crippen LogP contribution in [-0.4, -0.2) is 17.8 Å². The highest BCUT2D eigenvalue weighted by atomic mass is 16.5. The lowest BCUT2D eigenvalue weighted by Crippen LogP contribution is -2.34. The average Bonchev–Trinajstić information content (AvgIpc) is 2.79. The van der Waals surface area contributed by atoms with Crippen molar-refractivity contribution < 1.29 is 14.6 Å². The van der Waals surface area contributed by atoms with Crippen molar-refractivity contribution >= 4 is 6.09 Å². The van der Waals surface area contributed by atoms with Crippen LogP contribution in [0.25, 0.3) is 11.1 Å². The van der Waals surface area contributed by atoms with Crippen LogP contribution < -0.4 is 10.1 Å². The van der Waals surface area contributed by atoms with Gasteiger partial charge in [-0.3, -0.25) is 0 Å². The summed E-state index contributed by atoms with van der Waals surface area (Å²) in [4.78, 5) is 11.2. The van der Waals surface area contributed by atoms with Gasteiger partial charge in [0.2, 0.25) is 0 Å². The quantitative estimate of drug-likeness (QED) is 0.788. The molecule has 0 saturated heterocycles. The molecule has 2 aromatic rings. The van der Waals surface area contributed by atoms with Gasteiger partial charge in [0.25, 0.3) is 0 Å². The van der Waals surface area contributed by atoms with Crippen molar-refractivity contribution in [2.45, 2.75) is 47.1 Å². The number of fused-ring (bicyclic) bond motifs is 1. The van der Waals surface area contributed by atoms with Crippen molar-refractivity contribution in [3.05, 3.63) is 52.6 Å². The molecule has 2 aromatic carbocycles. The molecule has 1 atom stereocenters. The van der Waals surface area contributed by atoms with Gasteiger partial charge in [0, 0.05) is 0 Å². The third-order valence-corrected chi connectivity index (χ3v) is 5.23. The number of hydrogen-bond donors (Lipinski definition) is 2. The van der Waals surface area contributed by atoms with Gasteiger partial charge in [-0.1, -0.05) is 32.0 Å². The molecule has 0 bridgehead atoms. The van der Waals surface area contributed by atoms with Gasteiger partial charge >= 0.3 is 6.09 Å². The van der Waals surface area contributed by atoms with E-state index in [0.717, 1.165) is 34.4 Å². The molecule has 4 nitrogen and oxygen atoms in total. The van der Waals surface area contributed by atoms with Gasteiger partial charge in [0.1, 0.15) is 5.75 Å². The number of carboxylic acid groups (broad SMARTS) is 1. The number of carbonyl (C=O) groups is 1. The molecule has 0 aliphatic heterocycles. The van der Waals surface area contributed by atoms with E-state index in [2.05, 4.69) is 63.3 Å². The molecule has 0 saturated carbocycles. The van der Waals surface area contributed by atoms with Crippen molar-refractivity contribution in [3.63, 3.8) is 0 Å². The van der Waals surface area contributed by atoms with Gasteiger partial charge in [0.15, 0.2) is 0 Å².